The first-order valence-corrected chi connectivity index (χ1v) is 7.14. The van der Waals surface area contributed by atoms with Crippen LogP contribution >= 0.6 is 0 Å². The molecule has 1 amide bonds. The number of methoxy groups -OCH3 is 1. The van der Waals surface area contributed by atoms with Crippen LogP contribution in [-0.4, -0.2) is 19.6 Å². The monoisotopic (exact) mass is 261 g/mol. The zero-order valence-corrected chi connectivity index (χ0v) is 11.9. The molecule has 0 saturated carbocycles. The molecule has 1 aromatic rings. The van der Waals surface area contributed by atoms with E-state index >= 15 is 0 Å². The molecular weight excluding hydrogens is 238 g/mol. The molecular formula is C16H23NO2. The highest BCUT2D eigenvalue weighted by molar-refractivity contribution is 5.77. The first-order chi connectivity index (χ1) is 9.24. The van der Waals surface area contributed by atoms with Crippen molar-refractivity contribution in [2.45, 2.75) is 45.1 Å². The van der Waals surface area contributed by atoms with Crippen molar-refractivity contribution in [1.29, 1.82) is 0 Å². The molecule has 0 aliphatic heterocycles. The maximum atomic E-state index is 11.6. The summed E-state index contributed by atoms with van der Waals surface area (Å²) >= 11 is 0. The zero-order valence-electron chi connectivity index (χ0n) is 11.9. The van der Waals surface area contributed by atoms with Crippen LogP contribution in [0.15, 0.2) is 18.2 Å². The fraction of sp³-hybridized carbons (Fsp3) is 0.562. The quantitative estimate of drug-likeness (QED) is 0.885. The Labute approximate surface area is 115 Å². The van der Waals surface area contributed by atoms with Crippen molar-refractivity contribution in [3.05, 3.63) is 34.9 Å². The third kappa shape index (κ3) is 3.57. The number of carbonyl (C=O) groups excluding carboxylic acids is 1. The van der Waals surface area contributed by atoms with E-state index in [1.807, 2.05) is 0 Å². The second-order valence-electron chi connectivity index (χ2n) is 5.20. The van der Waals surface area contributed by atoms with Gasteiger partial charge in [0.1, 0.15) is 6.61 Å². The Morgan fingerprint density at radius 2 is 2.05 bits per heavy atom. The van der Waals surface area contributed by atoms with Crippen LogP contribution in [0.3, 0.4) is 0 Å². The van der Waals surface area contributed by atoms with Crippen molar-refractivity contribution >= 4 is 5.91 Å². The Hall–Kier alpha value is -1.35. The topological polar surface area (TPSA) is 38.3 Å². The molecule has 1 aromatic carbocycles. The minimum Gasteiger partial charge on any atom is -0.375 e. The predicted octanol–water partition coefficient (Wildman–Crippen LogP) is 2.78. The summed E-state index contributed by atoms with van der Waals surface area (Å²) in [6, 6.07) is 6.76. The van der Waals surface area contributed by atoms with E-state index in [2.05, 4.69) is 30.4 Å². The lowest BCUT2D eigenvalue weighted by atomic mass is 9.89. The number of aryl methyl sites for hydroxylation is 2. The minimum atomic E-state index is -0.0490. The Bertz CT molecular complexity index is 442. The third-order valence-corrected chi connectivity index (χ3v) is 3.79. The number of benzene rings is 1. The lowest BCUT2D eigenvalue weighted by Crippen LogP contribution is -2.31. The van der Waals surface area contributed by atoms with Crippen LogP contribution in [0.1, 0.15) is 48.9 Å². The molecule has 3 nitrogen and oxygen atoms in total. The highest BCUT2D eigenvalue weighted by Crippen LogP contribution is 2.25. The molecule has 0 saturated heterocycles. The molecule has 19 heavy (non-hydrogen) atoms. The molecule has 0 aromatic heterocycles. The number of amides is 1. The second-order valence-corrected chi connectivity index (χ2v) is 5.20. The maximum Gasteiger partial charge on any atom is 0.246 e. The van der Waals surface area contributed by atoms with E-state index in [4.69, 9.17) is 4.74 Å². The molecule has 1 aliphatic carbocycles. The van der Waals surface area contributed by atoms with E-state index in [1.165, 1.54) is 42.4 Å². The number of carbonyl (C=O) groups is 1. The van der Waals surface area contributed by atoms with Gasteiger partial charge in [-0.25, -0.2) is 0 Å². The molecule has 1 atom stereocenters. The van der Waals surface area contributed by atoms with Gasteiger partial charge in [-0.15, -0.1) is 0 Å². The first-order valence-electron chi connectivity index (χ1n) is 7.14. The van der Waals surface area contributed by atoms with Gasteiger partial charge in [-0.3, -0.25) is 4.79 Å². The molecule has 0 heterocycles. The normalized spacial score (nSPS) is 15.7. The summed E-state index contributed by atoms with van der Waals surface area (Å²) in [5, 5.41) is 3.03. The summed E-state index contributed by atoms with van der Waals surface area (Å²) in [6.45, 7) is 2.22. The molecule has 3 heteroatoms. The average Bonchev–Trinajstić information content (AvgIpc) is 2.44. The largest absolute Gasteiger partial charge is 0.375 e. The molecule has 0 spiro atoms. The summed E-state index contributed by atoms with van der Waals surface area (Å²) in [5.41, 5.74) is 4.16. The minimum absolute atomic E-state index is 0.0490. The van der Waals surface area contributed by atoms with Crippen LogP contribution in [-0.2, 0) is 22.4 Å². The molecule has 1 aliphatic rings. The van der Waals surface area contributed by atoms with E-state index in [0.717, 1.165) is 6.42 Å². The number of nitrogens with one attached hydrogen (secondary N) is 1. The molecule has 1 N–H and O–H groups in total. The SMILES string of the molecule is CC[C@@H](NC(=O)COC)c1ccc2c(c1)CCCC2. The van der Waals surface area contributed by atoms with Gasteiger partial charge in [0.25, 0.3) is 0 Å². The molecule has 0 unspecified atom stereocenters. The van der Waals surface area contributed by atoms with Gasteiger partial charge >= 0.3 is 0 Å². The zero-order chi connectivity index (χ0) is 13.7. The van der Waals surface area contributed by atoms with Crippen molar-refractivity contribution in [2.75, 3.05) is 13.7 Å². The number of rotatable bonds is 5. The average molecular weight is 261 g/mol. The highest BCUT2D eigenvalue weighted by atomic mass is 16.5. The van der Waals surface area contributed by atoms with Gasteiger partial charge in [0.2, 0.25) is 5.91 Å². The summed E-state index contributed by atoms with van der Waals surface area (Å²) in [6.07, 6.45) is 5.85. The number of hydrogen-bond acceptors (Lipinski definition) is 2. The number of ether oxygens (including phenoxy) is 1. The fourth-order valence-corrected chi connectivity index (χ4v) is 2.76. The van der Waals surface area contributed by atoms with Crippen LogP contribution in [0.2, 0.25) is 0 Å². The van der Waals surface area contributed by atoms with E-state index in [0.29, 0.717) is 0 Å². The molecule has 0 bridgehead atoms. The highest BCUT2D eigenvalue weighted by Gasteiger charge is 2.15. The first kappa shape index (κ1) is 14.1. The summed E-state index contributed by atoms with van der Waals surface area (Å²) < 4.78 is 4.86. The van der Waals surface area contributed by atoms with Crippen LogP contribution < -0.4 is 5.32 Å². The van der Waals surface area contributed by atoms with Crippen molar-refractivity contribution < 1.29 is 9.53 Å². The Kier molecular flexibility index (Phi) is 4.97. The van der Waals surface area contributed by atoms with Gasteiger partial charge in [-0.2, -0.15) is 0 Å². The molecule has 2 rings (SSSR count). The van der Waals surface area contributed by atoms with Crippen molar-refractivity contribution in [3.8, 4) is 0 Å². The standard InChI is InChI=1S/C16H23NO2/c1-3-15(17-16(18)11-19-2)14-9-8-12-6-4-5-7-13(12)10-14/h8-10,15H,3-7,11H2,1-2H3,(H,17,18)/t15-/m1/s1. The smallest absolute Gasteiger partial charge is 0.246 e. The van der Waals surface area contributed by atoms with Gasteiger partial charge in [0, 0.05) is 7.11 Å². The van der Waals surface area contributed by atoms with Crippen molar-refractivity contribution in [3.63, 3.8) is 0 Å². The molecule has 0 fully saturated rings. The van der Waals surface area contributed by atoms with E-state index in [-0.39, 0.29) is 18.6 Å². The molecule has 104 valence electrons. The lowest BCUT2D eigenvalue weighted by molar-refractivity contribution is -0.125. The van der Waals surface area contributed by atoms with Crippen molar-refractivity contribution in [1.82, 2.24) is 5.32 Å². The lowest BCUT2D eigenvalue weighted by Gasteiger charge is -2.21. The van der Waals surface area contributed by atoms with Gasteiger partial charge in [0.15, 0.2) is 0 Å². The van der Waals surface area contributed by atoms with Gasteiger partial charge in [-0.1, -0.05) is 25.1 Å². The Balaban J connectivity index is 2.12. The summed E-state index contributed by atoms with van der Waals surface area (Å²) in [4.78, 5) is 11.6. The van der Waals surface area contributed by atoms with Crippen LogP contribution in [0.25, 0.3) is 0 Å². The van der Waals surface area contributed by atoms with Gasteiger partial charge in [-0.05, 0) is 48.8 Å². The number of hydrogen-bond donors (Lipinski definition) is 1. The predicted molar refractivity (Wildman–Crippen MR) is 76.1 cm³/mol. The second kappa shape index (κ2) is 6.71. The van der Waals surface area contributed by atoms with Crippen molar-refractivity contribution in [2.24, 2.45) is 0 Å². The summed E-state index contributed by atoms with van der Waals surface area (Å²) in [7, 11) is 1.54. The van der Waals surface area contributed by atoms with Gasteiger partial charge in [0.05, 0.1) is 6.04 Å². The van der Waals surface area contributed by atoms with E-state index in [9.17, 15) is 4.79 Å². The Morgan fingerprint density at radius 1 is 1.32 bits per heavy atom. The van der Waals surface area contributed by atoms with Crippen LogP contribution in [0, 0.1) is 0 Å². The van der Waals surface area contributed by atoms with Crippen LogP contribution in [0.5, 0.6) is 0 Å². The maximum absolute atomic E-state index is 11.6. The van der Waals surface area contributed by atoms with Gasteiger partial charge < -0.3 is 10.1 Å². The van der Waals surface area contributed by atoms with E-state index in [1.54, 1.807) is 7.11 Å². The fourth-order valence-electron chi connectivity index (χ4n) is 2.76. The number of fused-ring (bicyclic) bond motifs is 1. The summed E-state index contributed by atoms with van der Waals surface area (Å²) in [5.74, 6) is -0.0490. The van der Waals surface area contributed by atoms with Crippen LogP contribution in [0.4, 0.5) is 0 Å². The van der Waals surface area contributed by atoms with E-state index < -0.39 is 0 Å². The third-order valence-electron chi connectivity index (χ3n) is 3.79. The Morgan fingerprint density at radius 3 is 2.74 bits per heavy atom. The molecule has 0 radical (unpaired) electrons.